The van der Waals surface area contributed by atoms with Crippen molar-refractivity contribution in [3.63, 3.8) is 0 Å². The number of benzene rings is 1. The van der Waals surface area contributed by atoms with Gasteiger partial charge in [-0.3, -0.25) is 19.5 Å². The Hall–Kier alpha value is -4.46. The number of alkyl halides is 2. The van der Waals surface area contributed by atoms with Crippen LogP contribution in [0.3, 0.4) is 0 Å². The number of nitrogens with one attached hydrogen (secondary N) is 2. The van der Waals surface area contributed by atoms with E-state index in [0.717, 1.165) is 24.2 Å². The van der Waals surface area contributed by atoms with E-state index in [1.165, 1.54) is 11.1 Å². The molecule has 1 amide bonds. The van der Waals surface area contributed by atoms with Gasteiger partial charge in [0.2, 0.25) is 17.7 Å². The van der Waals surface area contributed by atoms with Crippen molar-refractivity contribution in [1.29, 1.82) is 0 Å². The van der Waals surface area contributed by atoms with Crippen LogP contribution in [0.15, 0.2) is 42.9 Å². The molecule has 4 aromatic rings. The van der Waals surface area contributed by atoms with E-state index < -0.39 is 6.43 Å². The van der Waals surface area contributed by atoms with Gasteiger partial charge in [-0.25, -0.2) is 18.7 Å². The number of carbonyl (C=O) groups excluding carboxylic acids is 1. The topological polar surface area (TPSA) is 130 Å². The number of anilines is 1. The molecule has 5 heterocycles. The van der Waals surface area contributed by atoms with Gasteiger partial charge in [0.15, 0.2) is 0 Å². The molecule has 0 bridgehead atoms. The minimum absolute atomic E-state index is 0.0269. The van der Waals surface area contributed by atoms with Crippen LogP contribution < -0.4 is 10.1 Å². The molecule has 1 aliphatic carbocycles. The second-order valence-corrected chi connectivity index (χ2v) is 11.7. The first kappa shape index (κ1) is 28.3. The lowest BCUT2D eigenvalue weighted by Crippen LogP contribution is -2.40. The molecule has 44 heavy (non-hydrogen) atoms. The quantitative estimate of drug-likeness (QED) is 0.296. The van der Waals surface area contributed by atoms with Gasteiger partial charge in [-0.15, -0.1) is 10.2 Å². The van der Waals surface area contributed by atoms with Crippen molar-refractivity contribution < 1.29 is 18.3 Å². The SMILES string of the molecule is O=C(Cn1cc(-c2cnc(NC3Cc4ccccc4C3)nc2)c(OC2CCN(CC(F)F)CC2)n1)N1CCc2[nH]nnc2C1. The first-order chi connectivity index (χ1) is 21.5. The number of likely N-dealkylation sites (tertiary alicyclic amines) is 1. The van der Waals surface area contributed by atoms with Gasteiger partial charge >= 0.3 is 0 Å². The molecule has 0 saturated carbocycles. The minimum Gasteiger partial charge on any atom is -0.473 e. The number of amides is 1. The number of carbonyl (C=O) groups is 1. The van der Waals surface area contributed by atoms with E-state index in [1.54, 1.807) is 33.1 Å². The summed E-state index contributed by atoms with van der Waals surface area (Å²) in [6, 6.07) is 8.66. The molecule has 0 radical (unpaired) electrons. The number of hydrogen-bond acceptors (Lipinski definition) is 9. The third kappa shape index (κ3) is 6.25. The Balaban J connectivity index is 1.06. The molecule has 2 aliphatic heterocycles. The van der Waals surface area contributed by atoms with Crippen LogP contribution in [0.5, 0.6) is 5.88 Å². The van der Waals surface area contributed by atoms with Gasteiger partial charge < -0.3 is 15.0 Å². The van der Waals surface area contributed by atoms with E-state index in [4.69, 9.17) is 4.74 Å². The lowest BCUT2D eigenvalue weighted by atomic mass is 10.1. The smallest absolute Gasteiger partial charge is 0.251 e. The van der Waals surface area contributed by atoms with Crippen molar-refractivity contribution in [2.75, 3.05) is 31.5 Å². The number of hydrogen-bond donors (Lipinski definition) is 2. The molecule has 3 aliphatic rings. The van der Waals surface area contributed by atoms with Gasteiger partial charge in [0.1, 0.15) is 18.3 Å². The Kier molecular flexibility index (Phi) is 7.90. The molecule has 0 atom stereocenters. The van der Waals surface area contributed by atoms with Crippen molar-refractivity contribution in [2.24, 2.45) is 0 Å². The van der Waals surface area contributed by atoms with Gasteiger partial charge in [0.25, 0.3) is 6.43 Å². The highest BCUT2D eigenvalue weighted by molar-refractivity contribution is 5.76. The fourth-order valence-electron chi connectivity index (χ4n) is 6.27. The van der Waals surface area contributed by atoms with Crippen LogP contribution in [-0.2, 0) is 37.1 Å². The Morgan fingerprint density at radius 1 is 1.09 bits per heavy atom. The molecule has 12 nitrogen and oxygen atoms in total. The average Bonchev–Trinajstić information content (AvgIpc) is 3.76. The van der Waals surface area contributed by atoms with E-state index in [2.05, 4.69) is 60.1 Å². The van der Waals surface area contributed by atoms with Gasteiger partial charge in [0.05, 0.1) is 24.3 Å². The number of ether oxygens (including phenoxy) is 1. The second kappa shape index (κ2) is 12.3. The summed E-state index contributed by atoms with van der Waals surface area (Å²) in [7, 11) is 0. The summed E-state index contributed by atoms with van der Waals surface area (Å²) >= 11 is 0. The molecule has 2 N–H and O–H groups in total. The molecular weight excluding hydrogens is 570 g/mol. The Labute approximate surface area is 252 Å². The average molecular weight is 605 g/mol. The van der Waals surface area contributed by atoms with Crippen LogP contribution in [0.1, 0.15) is 35.4 Å². The number of rotatable bonds is 9. The zero-order valence-corrected chi connectivity index (χ0v) is 24.2. The first-order valence-corrected chi connectivity index (χ1v) is 15.0. The van der Waals surface area contributed by atoms with E-state index in [9.17, 15) is 13.6 Å². The Bertz CT molecular complexity index is 1570. The standard InChI is InChI=1S/C30H34F2N10O2/c31-27(32)17-40-8-5-23(6-9-40)44-29-24(15-42(38-29)18-28(43)41-10-7-25-26(16-41)37-39-36-25)21-13-33-30(34-14-21)35-22-11-19-3-1-2-4-20(19)12-22/h1-4,13-15,22-23,27H,5-12,16-18H2,(H,33,34,35)(H,36,37,39). The number of halogens is 2. The molecule has 3 aromatic heterocycles. The van der Waals surface area contributed by atoms with E-state index in [1.807, 2.05) is 0 Å². The highest BCUT2D eigenvalue weighted by Gasteiger charge is 2.27. The summed E-state index contributed by atoms with van der Waals surface area (Å²) in [5.41, 5.74) is 5.80. The first-order valence-electron chi connectivity index (χ1n) is 15.0. The Morgan fingerprint density at radius 2 is 1.84 bits per heavy atom. The maximum absolute atomic E-state index is 13.2. The highest BCUT2D eigenvalue weighted by Crippen LogP contribution is 2.31. The predicted molar refractivity (Wildman–Crippen MR) is 156 cm³/mol. The van der Waals surface area contributed by atoms with Gasteiger partial charge in [-0.1, -0.05) is 29.5 Å². The van der Waals surface area contributed by atoms with Crippen molar-refractivity contribution >= 4 is 11.9 Å². The van der Waals surface area contributed by atoms with Gasteiger partial charge in [-0.2, -0.15) is 0 Å². The molecule has 7 rings (SSSR count). The molecule has 230 valence electrons. The molecule has 0 spiro atoms. The van der Waals surface area contributed by atoms with Crippen molar-refractivity contribution in [2.45, 2.75) is 63.8 Å². The lowest BCUT2D eigenvalue weighted by Gasteiger charge is -2.31. The zero-order chi connectivity index (χ0) is 30.0. The maximum Gasteiger partial charge on any atom is 0.251 e. The zero-order valence-electron chi connectivity index (χ0n) is 24.2. The third-order valence-corrected chi connectivity index (χ3v) is 8.61. The van der Waals surface area contributed by atoms with Crippen LogP contribution >= 0.6 is 0 Å². The molecule has 1 saturated heterocycles. The summed E-state index contributed by atoms with van der Waals surface area (Å²) < 4.78 is 33.7. The van der Waals surface area contributed by atoms with Gasteiger partial charge in [0, 0.05) is 56.3 Å². The largest absolute Gasteiger partial charge is 0.473 e. The lowest BCUT2D eigenvalue weighted by molar-refractivity contribution is -0.133. The van der Waals surface area contributed by atoms with Crippen molar-refractivity contribution in [1.82, 2.24) is 45.0 Å². The van der Waals surface area contributed by atoms with E-state index >= 15 is 0 Å². The fourth-order valence-corrected chi connectivity index (χ4v) is 6.27. The monoisotopic (exact) mass is 604 g/mol. The summed E-state index contributed by atoms with van der Waals surface area (Å²) in [6.07, 6.45) is 6.43. The van der Waals surface area contributed by atoms with Crippen LogP contribution in [0, 0.1) is 0 Å². The van der Waals surface area contributed by atoms with E-state index in [-0.39, 0.29) is 31.1 Å². The molecule has 1 aromatic carbocycles. The minimum atomic E-state index is -2.36. The Morgan fingerprint density at radius 3 is 2.57 bits per heavy atom. The number of aromatic nitrogens is 7. The van der Waals surface area contributed by atoms with Crippen molar-refractivity contribution in [3.05, 3.63) is 65.4 Å². The highest BCUT2D eigenvalue weighted by atomic mass is 19.3. The number of aromatic amines is 1. The predicted octanol–water partition coefficient (Wildman–Crippen LogP) is 2.73. The summed E-state index contributed by atoms with van der Waals surface area (Å²) in [5, 5.41) is 18.9. The molecule has 14 heteroatoms. The van der Waals surface area contributed by atoms with Crippen molar-refractivity contribution in [3.8, 4) is 17.0 Å². The maximum atomic E-state index is 13.2. The number of nitrogens with zero attached hydrogens (tertiary/aromatic N) is 8. The van der Waals surface area contributed by atoms with Crippen LogP contribution in [0.2, 0.25) is 0 Å². The summed E-state index contributed by atoms with van der Waals surface area (Å²) in [6.45, 7) is 1.81. The number of fused-ring (bicyclic) bond motifs is 2. The third-order valence-electron chi connectivity index (χ3n) is 8.61. The van der Waals surface area contributed by atoms with E-state index in [0.29, 0.717) is 68.4 Å². The normalized spacial score (nSPS) is 17.6. The fraction of sp³-hybridized carbons (Fsp3) is 0.467. The van der Waals surface area contributed by atoms with Crippen LogP contribution in [0.4, 0.5) is 14.7 Å². The molecule has 1 fully saturated rings. The van der Waals surface area contributed by atoms with Crippen LogP contribution in [-0.4, -0.2) is 95.6 Å². The van der Waals surface area contributed by atoms with Gasteiger partial charge in [-0.05, 0) is 36.8 Å². The summed E-state index contributed by atoms with van der Waals surface area (Å²) in [4.78, 5) is 25.9. The number of piperidine rings is 1. The second-order valence-electron chi connectivity index (χ2n) is 11.7. The summed E-state index contributed by atoms with van der Waals surface area (Å²) in [5.74, 6) is 0.825. The molecule has 0 unspecified atom stereocenters. The molecular formula is C30H34F2N10O2. The number of H-pyrrole nitrogens is 1. The van der Waals surface area contributed by atoms with Crippen LogP contribution in [0.25, 0.3) is 11.1 Å².